The van der Waals surface area contributed by atoms with Gasteiger partial charge in [0.05, 0.1) is 50.7 Å². The second kappa shape index (κ2) is 18.8. The molecule has 0 aromatic heterocycles. The van der Waals surface area contributed by atoms with Crippen molar-refractivity contribution in [3.05, 3.63) is 82.9 Å². The maximum atomic E-state index is 10.1. The van der Waals surface area contributed by atoms with Crippen molar-refractivity contribution in [2.24, 2.45) is 0 Å². The van der Waals surface area contributed by atoms with Gasteiger partial charge in [-0.05, 0) is 72.5 Å². The zero-order valence-electron chi connectivity index (χ0n) is 26.5. The van der Waals surface area contributed by atoms with Crippen LogP contribution < -0.4 is 18.9 Å². The van der Waals surface area contributed by atoms with E-state index in [0.717, 1.165) is 73.6 Å². The van der Waals surface area contributed by atoms with Gasteiger partial charge in [-0.3, -0.25) is 0 Å². The lowest BCUT2D eigenvalue weighted by Crippen LogP contribution is -2.03. The average Bonchev–Trinajstić information content (AvgIpc) is 3.06. The number of hydrogen-bond donors (Lipinski definition) is 0. The summed E-state index contributed by atoms with van der Waals surface area (Å²) < 4.78 is 23.5. The molecule has 0 aliphatic carbocycles. The van der Waals surface area contributed by atoms with Crippen molar-refractivity contribution in [3.63, 3.8) is 0 Å². The Morgan fingerprint density at radius 2 is 1.05 bits per heavy atom. The standard InChI is InChI=1S/C38H44N2O4/c1-5-7-9-11-19-43-37-25-32(22-34(28-40)30-16-14-18-36(24-30)42-4)38(44-20-12-10-8-6-2)26-31(37)21-33(27-39)29-15-13-17-35(23-29)41-3/h13-18,21-26H,5-12,19-20H2,1-4H3/b33-21-,34-22-. The van der Waals surface area contributed by atoms with Gasteiger partial charge in [-0.25, -0.2) is 0 Å². The first-order valence-electron chi connectivity index (χ1n) is 15.5. The second-order valence-corrected chi connectivity index (χ2v) is 10.5. The van der Waals surface area contributed by atoms with Crippen LogP contribution in [0.1, 0.15) is 87.5 Å². The molecule has 6 nitrogen and oxygen atoms in total. The van der Waals surface area contributed by atoms with E-state index in [1.54, 1.807) is 14.2 Å². The Kier molecular flexibility index (Phi) is 14.4. The van der Waals surface area contributed by atoms with Crippen LogP contribution in [0, 0.1) is 22.7 Å². The smallest absolute Gasteiger partial charge is 0.127 e. The summed E-state index contributed by atoms with van der Waals surface area (Å²) in [5, 5.41) is 20.3. The summed E-state index contributed by atoms with van der Waals surface area (Å²) in [5.41, 5.74) is 3.92. The fourth-order valence-corrected chi connectivity index (χ4v) is 4.74. The summed E-state index contributed by atoms with van der Waals surface area (Å²) in [4.78, 5) is 0. The molecule has 0 bridgehead atoms. The number of hydrogen-bond acceptors (Lipinski definition) is 6. The fraction of sp³-hybridized carbons (Fsp3) is 0.368. The van der Waals surface area contributed by atoms with Crippen molar-refractivity contribution in [1.82, 2.24) is 0 Å². The third kappa shape index (κ3) is 10.2. The molecule has 0 atom stereocenters. The topological polar surface area (TPSA) is 84.5 Å². The minimum absolute atomic E-state index is 0.478. The van der Waals surface area contributed by atoms with Crippen molar-refractivity contribution >= 4 is 23.3 Å². The van der Waals surface area contributed by atoms with Gasteiger partial charge < -0.3 is 18.9 Å². The Bertz CT molecular complexity index is 1380. The van der Waals surface area contributed by atoms with Gasteiger partial charge in [-0.2, -0.15) is 10.5 Å². The molecule has 0 radical (unpaired) electrons. The Morgan fingerprint density at radius 3 is 1.41 bits per heavy atom. The largest absolute Gasteiger partial charge is 0.497 e. The van der Waals surface area contributed by atoms with Gasteiger partial charge in [0, 0.05) is 11.1 Å². The highest BCUT2D eigenvalue weighted by atomic mass is 16.5. The molecule has 0 aliphatic rings. The van der Waals surface area contributed by atoms with Crippen molar-refractivity contribution in [3.8, 4) is 35.1 Å². The van der Waals surface area contributed by atoms with Gasteiger partial charge in [0.2, 0.25) is 0 Å². The number of nitriles is 2. The molecule has 0 amide bonds. The monoisotopic (exact) mass is 592 g/mol. The quantitative estimate of drug-likeness (QED) is 0.0830. The molecule has 0 saturated carbocycles. The van der Waals surface area contributed by atoms with Crippen LogP contribution in [-0.4, -0.2) is 27.4 Å². The van der Waals surface area contributed by atoms with E-state index in [9.17, 15) is 10.5 Å². The lowest BCUT2D eigenvalue weighted by Gasteiger charge is -2.16. The highest BCUT2D eigenvalue weighted by Crippen LogP contribution is 2.35. The Balaban J connectivity index is 2.14. The van der Waals surface area contributed by atoms with Crippen molar-refractivity contribution in [1.29, 1.82) is 10.5 Å². The van der Waals surface area contributed by atoms with E-state index in [1.807, 2.05) is 72.8 Å². The normalized spacial score (nSPS) is 11.4. The molecule has 3 aromatic carbocycles. The number of methoxy groups -OCH3 is 2. The van der Waals surface area contributed by atoms with Crippen LogP contribution in [0.25, 0.3) is 23.3 Å². The molecule has 44 heavy (non-hydrogen) atoms. The highest BCUT2D eigenvalue weighted by Gasteiger charge is 2.14. The molecule has 0 saturated heterocycles. The average molecular weight is 593 g/mol. The molecule has 0 heterocycles. The third-order valence-electron chi connectivity index (χ3n) is 7.26. The summed E-state index contributed by atoms with van der Waals surface area (Å²) in [7, 11) is 3.22. The first kappa shape index (κ1) is 33.8. The van der Waals surface area contributed by atoms with Crippen molar-refractivity contribution < 1.29 is 18.9 Å². The molecule has 0 aliphatic heterocycles. The molecular formula is C38H44N2O4. The van der Waals surface area contributed by atoms with Crippen LogP contribution in [0.5, 0.6) is 23.0 Å². The Hall–Kier alpha value is -4.68. The number of benzene rings is 3. The number of unbranched alkanes of at least 4 members (excludes halogenated alkanes) is 6. The van der Waals surface area contributed by atoms with Gasteiger partial charge >= 0.3 is 0 Å². The van der Waals surface area contributed by atoms with Crippen LogP contribution in [0.2, 0.25) is 0 Å². The summed E-state index contributed by atoms with van der Waals surface area (Å²) >= 11 is 0. The molecule has 0 spiro atoms. The summed E-state index contributed by atoms with van der Waals surface area (Å²) in [6.45, 7) is 5.45. The van der Waals surface area contributed by atoms with E-state index in [-0.39, 0.29) is 0 Å². The van der Waals surface area contributed by atoms with E-state index >= 15 is 0 Å². The van der Waals surface area contributed by atoms with E-state index in [0.29, 0.717) is 47.4 Å². The van der Waals surface area contributed by atoms with Crippen LogP contribution in [0.15, 0.2) is 60.7 Å². The summed E-state index contributed by atoms with van der Waals surface area (Å²) in [5.74, 6) is 2.61. The maximum Gasteiger partial charge on any atom is 0.127 e. The zero-order chi connectivity index (χ0) is 31.6. The first-order valence-corrected chi connectivity index (χ1v) is 15.5. The van der Waals surface area contributed by atoms with E-state index < -0.39 is 0 Å². The van der Waals surface area contributed by atoms with Crippen LogP contribution in [0.4, 0.5) is 0 Å². The minimum atomic E-state index is 0.478. The predicted molar refractivity (Wildman–Crippen MR) is 179 cm³/mol. The zero-order valence-corrected chi connectivity index (χ0v) is 26.5. The molecule has 0 unspecified atom stereocenters. The van der Waals surface area contributed by atoms with Gasteiger partial charge in [-0.1, -0.05) is 76.6 Å². The number of allylic oxidation sites excluding steroid dienone is 2. The Labute approximate surface area is 263 Å². The fourth-order valence-electron chi connectivity index (χ4n) is 4.74. The van der Waals surface area contributed by atoms with Gasteiger partial charge in [-0.15, -0.1) is 0 Å². The highest BCUT2D eigenvalue weighted by molar-refractivity contribution is 5.94. The van der Waals surface area contributed by atoms with E-state index in [1.165, 1.54) is 0 Å². The van der Waals surface area contributed by atoms with Crippen LogP contribution in [0.3, 0.4) is 0 Å². The Morgan fingerprint density at radius 1 is 0.614 bits per heavy atom. The summed E-state index contributed by atoms with van der Waals surface area (Å²) in [6, 6.07) is 23.4. The van der Waals surface area contributed by atoms with Crippen LogP contribution in [-0.2, 0) is 0 Å². The second-order valence-electron chi connectivity index (χ2n) is 10.5. The number of nitrogens with zero attached hydrogens (tertiary/aromatic N) is 2. The minimum Gasteiger partial charge on any atom is -0.497 e. The number of ether oxygens (including phenoxy) is 4. The molecule has 230 valence electrons. The van der Waals surface area contributed by atoms with Crippen molar-refractivity contribution in [2.45, 2.75) is 65.2 Å². The van der Waals surface area contributed by atoms with Gasteiger partial charge in [0.25, 0.3) is 0 Å². The first-order chi connectivity index (χ1) is 21.6. The molecule has 3 aromatic rings. The van der Waals surface area contributed by atoms with E-state index in [4.69, 9.17) is 18.9 Å². The SMILES string of the molecule is CCCCCCOc1cc(/C=C(/C#N)c2cccc(OC)c2)c(OCCCCCC)cc1/C=C(/C#N)c1cccc(OC)c1. The molecule has 6 heteroatoms. The molecule has 3 rings (SSSR count). The lowest BCUT2D eigenvalue weighted by atomic mass is 9.99. The summed E-state index contributed by atoms with van der Waals surface area (Å²) in [6.07, 6.45) is 12.2. The molecule has 0 N–H and O–H groups in total. The predicted octanol–water partition coefficient (Wildman–Crippen LogP) is 9.75. The van der Waals surface area contributed by atoms with Gasteiger partial charge in [0.1, 0.15) is 23.0 Å². The maximum absolute atomic E-state index is 10.1. The van der Waals surface area contributed by atoms with E-state index in [2.05, 4.69) is 26.0 Å². The van der Waals surface area contributed by atoms with Crippen LogP contribution >= 0.6 is 0 Å². The van der Waals surface area contributed by atoms with Gasteiger partial charge in [0.15, 0.2) is 0 Å². The van der Waals surface area contributed by atoms with Crippen molar-refractivity contribution in [2.75, 3.05) is 27.4 Å². The lowest BCUT2D eigenvalue weighted by molar-refractivity contribution is 0.296. The molecule has 0 fully saturated rings. The number of rotatable bonds is 18. The third-order valence-corrected chi connectivity index (χ3v) is 7.26. The molecular weight excluding hydrogens is 548 g/mol.